The Hall–Kier alpha value is -2.15. The highest BCUT2D eigenvalue weighted by Crippen LogP contribution is 2.59. The molecule has 1 aliphatic carbocycles. The van der Waals surface area contributed by atoms with Gasteiger partial charge >= 0.3 is 0 Å². The Labute approximate surface area is 146 Å². The number of pyridine rings is 1. The first-order valence-corrected chi connectivity index (χ1v) is 8.43. The van der Waals surface area contributed by atoms with Gasteiger partial charge in [0.25, 0.3) is 0 Å². The maximum atomic E-state index is 11.6. The van der Waals surface area contributed by atoms with Crippen LogP contribution < -0.4 is 14.8 Å². The minimum Gasteiger partial charge on any atom is -0.486 e. The van der Waals surface area contributed by atoms with E-state index in [4.69, 9.17) is 9.47 Å². The monoisotopic (exact) mass is 342 g/mol. The second-order valence-electron chi connectivity index (χ2n) is 6.66. The minimum absolute atomic E-state index is 0.161. The number of nitrogens with zero attached hydrogens (tertiary/aromatic N) is 1. The van der Waals surface area contributed by atoms with Crippen molar-refractivity contribution in [2.45, 2.75) is 23.7 Å². The lowest BCUT2D eigenvalue weighted by atomic mass is 9.86. The van der Waals surface area contributed by atoms with Crippen LogP contribution in [0.5, 0.6) is 11.6 Å². The first-order valence-electron chi connectivity index (χ1n) is 8.43. The van der Waals surface area contributed by atoms with Crippen molar-refractivity contribution in [1.82, 2.24) is 10.3 Å². The molecule has 132 valence electrons. The number of aliphatic hydroxyl groups is 2. The van der Waals surface area contributed by atoms with Crippen molar-refractivity contribution in [3.8, 4) is 11.6 Å². The van der Waals surface area contributed by atoms with Crippen LogP contribution in [-0.4, -0.2) is 48.1 Å². The molecule has 0 spiro atoms. The molecule has 25 heavy (non-hydrogen) atoms. The highest BCUT2D eigenvalue weighted by Gasteiger charge is 2.67. The van der Waals surface area contributed by atoms with Gasteiger partial charge in [-0.2, -0.15) is 0 Å². The van der Waals surface area contributed by atoms with Crippen molar-refractivity contribution in [1.29, 1.82) is 0 Å². The van der Waals surface area contributed by atoms with Crippen LogP contribution >= 0.6 is 0 Å². The number of benzene rings is 1. The van der Waals surface area contributed by atoms with Gasteiger partial charge in [-0.25, -0.2) is 4.98 Å². The van der Waals surface area contributed by atoms with Gasteiger partial charge in [0.1, 0.15) is 11.9 Å². The fourth-order valence-electron chi connectivity index (χ4n) is 4.40. The number of methoxy groups -OCH3 is 1. The molecule has 0 radical (unpaired) electrons. The number of rotatable bonds is 4. The molecule has 1 aromatic carbocycles. The summed E-state index contributed by atoms with van der Waals surface area (Å²) in [5, 5.41) is 25.8. The first kappa shape index (κ1) is 16.3. The molecule has 2 heterocycles. The van der Waals surface area contributed by atoms with Crippen molar-refractivity contribution >= 4 is 0 Å². The number of ether oxygens (including phenoxy) is 2. The summed E-state index contributed by atoms with van der Waals surface area (Å²) < 4.78 is 11.5. The largest absolute Gasteiger partial charge is 0.486 e. The third-order valence-corrected chi connectivity index (χ3v) is 5.43. The lowest BCUT2D eigenvalue weighted by Crippen LogP contribution is -2.44. The van der Waals surface area contributed by atoms with E-state index >= 15 is 0 Å². The van der Waals surface area contributed by atoms with Gasteiger partial charge in [-0.3, -0.25) is 0 Å². The normalized spacial score (nSPS) is 32.8. The van der Waals surface area contributed by atoms with Crippen molar-refractivity contribution in [2.24, 2.45) is 5.92 Å². The predicted molar refractivity (Wildman–Crippen MR) is 91.7 cm³/mol. The van der Waals surface area contributed by atoms with Crippen LogP contribution in [0.3, 0.4) is 0 Å². The van der Waals surface area contributed by atoms with E-state index in [0.29, 0.717) is 23.7 Å². The molecule has 1 fully saturated rings. The smallest absolute Gasteiger partial charge is 0.223 e. The number of fused-ring (bicyclic) bond motifs is 3. The molecule has 5 unspecified atom stereocenters. The zero-order valence-corrected chi connectivity index (χ0v) is 14.2. The molecule has 0 bridgehead atoms. The van der Waals surface area contributed by atoms with E-state index in [1.54, 1.807) is 12.3 Å². The van der Waals surface area contributed by atoms with Crippen molar-refractivity contribution in [3.63, 3.8) is 0 Å². The Balaban J connectivity index is 1.87. The Morgan fingerprint density at radius 3 is 2.72 bits per heavy atom. The fraction of sp³-hybridized carbons (Fsp3) is 0.421. The maximum Gasteiger partial charge on any atom is 0.223 e. The quantitative estimate of drug-likeness (QED) is 0.770. The van der Waals surface area contributed by atoms with Crippen LogP contribution in [-0.2, 0) is 5.60 Å². The van der Waals surface area contributed by atoms with Crippen molar-refractivity contribution in [3.05, 3.63) is 53.7 Å². The molecule has 6 heteroatoms. The van der Waals surface area contributed by atoms with Crippen LogP contribution in [0.25, 0.3) is 0 Å². The Kier molecular flexibility index (Phi) is 3.91. The first-order chi connectivity index (χ1) is 12.1. The number of hydrogen-bond donors (Lipinski definition) is 3. The summed E-state index contributed by atoms with van der Waals surface area (Å²) in [7, 11) is 3.34. The van der Waals surface area contributed by atoms with E-state index in [1.165, 1.54) is 7.11 Å². The van der Waals surface area contributed by atoms with Crippen LogP contribution in [0.4, 0.5) is 0 Å². The third kappa shape index (κ3) is 2.18. The van der Waals surface area contributed by atoms with E-state index < -0.39 is 17.8 Å². The lowest BCUT2D eigenvalue weighted by Gasteiger charge is -2.27. The van der Waals surface area contributed by atoms with E-state index in [1.807, 2.05) is 37.4 Å². The van der Waals surface area contributed by atoms with Crippen LogP contribution in [0, 0.1) is 5.92 Å². The summed E-state index contributed by atoms with van der Waals surface area (Å²) in [5.74, 6) is 0.437. The number of aliphatic hydroxyl groups excluding tert-OH is 1. The van der Waals surface area contributed by atoms with Crippen LogP contribution in [0.2, 0.25) is 0 Å². The summed E-state index contributed by atoms with van der Waals surface area (Å²) in [6.07, 6.45) is -0.0253. The van der Waals surface area contributed by atoms with Crippen LogP contribution in [0.1, 0.15) is 17.0 Å². The molecule has 1 saturated carbocycles. The van der Waals surface area contributed by atoms with Gasteiger partial charge in [-0.15, -0.1) is 0 Å². The molecule has 1 aliphatic heterocycles. The maximum absolute atomic E-state index is 11.6. The average molecular weight is 342 g/mol. The summed E-state index contributed by atoms with van der Waals surface area (Å²) in [6, 6.07) is 11.6. The minimum atomic E-state index is -1.56. The number of hydrogen-bond acceptors (Lipinski definition) is 6. The summed E-state index contributed by atoms with van der Waals surface area (Å²) in [5.41, 5.74) is -0.0891. The SMILES string of the molecule is CNCC1C(c2ccccc2)C2Oc3ccnc(OC)c3C2(O)C1O. The van der Waals surface area contributed by atoms with Crippen LogP contribution in [0.15, 0.2) is 42.6 Å². The highest BCUT2D eigenvalue weighted by atomic mass is 16.5. The molecular formula is C19H22N2O4. The summed E-state index contributed by atoms with van der Waals surface area (Å²) in [4.78, 5) is 4.19. The standard InChI is InChI=1S/C19H22N2O4/c1-20-10-12-14(11-6-4-3-5-7-11)17-19(23,16(12)22)15-13(25-17)8-9-21-18(15)24-2/h3-9,12,14,16-17,20,22-23H,10H2,1-2H3. The molecule has 6 nitrogen and oxygen atoms in total. The number of nitrogens with one attached hydrogen (secondary N) is 1. The van der Waals surface area contributed by atoms with E-state index in [2.05, 4.69) is 10.3 Å². The van der Waals surface area contributed by atoms with Gasteiger partial charge in [0, 0.05) is 24.6 Å². The molecule has 2 aliphatic rings. The van der Waals surface area contributed by atoms with Gasteiger partial charge in [0.05, 0.1) is 18.8 Å². The van der Waals surface area contributed by atoms with E-state index in [0.717, 1.165) is 5.56 Å². The Morgan fingerprint density at radius 2 is 2.04 bits per heavy atom. The molecule has 0 saturated heterocycles. The zero-order chi connectivity index (χ0) is 17.6. The topological polar surface area (TPSA) is 83.8 Å². The van der Waals surface area contributed by atoms with Gasteiger partial charge in [0.2, 0.25) is 5.88 Å². The molecule has 5 atom stereocenters. The molecule has 0 amide bonds. The molecule has 4 rings (SSSR count). The number of aromatic nitrogens is 1. The Bertz CT molecular complexity index is 769. The van der Waals surface area contributed by atoms with Crippen molar-refractivity contribution in [2.75, 3.05) is 20.7 Å². The van der Waals surface area contributed by atoms with Crippen molar-refractivity contribution < 1.29 is 19.7 Å². The summed E-state index contributed by atoms with van der Waals surface area (Å²) in [6.45, 7) is 0.556. The average Bonchev–Trinajstić information content (AvgIpc) is 3.05. The molecule has 1 aromatic heterocycles. The molecule has 3 N–H and O–H groups in total. The third-order valence-electron chi connectivity index (χ3n) is 5.43. The zero-order valence-electron chi connectivity index (χ0n) is 14.2. The van der Waals surface area contributed by atoms with Gasteiger partial charge in [-0.05, 0) is 18.7 Å². The van der Waals surface area contributed by atoms with Gasteiger partial charge in [-0.1, -0.05) is 30.3 Å². The lowest BCUT2D eigenvalue weighted by molar-refractivity contribution is -0.0994. The summed E-state index contributed by atoms with van der Waals surface area (Å²) >= 11 is 0. The van der Waals surface area contributed by atoms with E-state index in [9.17, 15) is 10.2 Å². The fourth-order valence-corrected chi connectivity index (χ4v) is 4.40. The van der Waals surface area contributed by atoms with E-state index in [-0.39, 0.29) is 11.8 Å². The second-order valence-corrected chi connectivity index (χ2v) is 6.66. The molecule has 2 aromatic rings. The predicted octanol–water partition coefficient (Wildman–Crippen LogP) is 1.03. The van der Waals surface area contributed by atoms with Gasteiger partial charge in [0.15, 0.2) is 5.60 Å². The molecular weight excluding hydrogens is 320 g/mol. The highest BCUT2D eigenvalue weighted by molar-refractivity contribution is 5.52. The second kappa shape index (κ2) is 5.98. The Morgan fingerprint density at radius 1 is 1.28 bits per heavy atom. The van der Waals surface area contributed by atoms with Gasteiger partial charge < -0.3 is 25.0 Å².